The molecule has 0 aliphatic heterocycles. The molecule has 0 bridgehead atoms. The van der Waals surface area contributed by atoms with Gasteiger partial charge in [-0.3, -0.25) is 11.3 Å². The van der Waals surface area contributed by atoms with E-state index in [1.54, 1.807) is 6.07 Å². The van der Waals surface area contributed by atoms with E-state index in [0.29, 0.717) is 17.0 Å². The lowest BCUT2D eigenvalue weighted by molar-refractivity contribution is 0.529. The van der Waals surface area contributed by atoms with Gasteiger partial charge in [0.2, 0.25) is 0 Å². The molecule has 0 aliphatic rings. The number of hydrogen-bond acceptors (Lipinski definition) is 2. The maximum absolute atomic E-state index is 13.7. The van der Waals surface area contributed by atoms with Crippen molar-refractivity contribution in [2.75, 3.05) is 0 Å². The minimum absolute atomic E-state index is 0.140. The van der Waals surface area contributed by atoms with Gasteiger partial charge in [-0.25, -0.2) is 4.39 Å². The molecule has 0 heterocycles. The summed E-state index contributed by atoms with van der Waals surface area (Å²) in [5.41, 5.74) is 4.27. The van der Waals surface area contributed by atoms with Crippen LogP contribution in [0.1, 0.15) is 17.2 Å². The summed E-state index contributed by atoms with van der Waals surface area (Å²) >= 11 is 5.87. The smallest absolute Gasteiger partial charge is 0.126 e. The number of hydrogen-bond donors (Lipinski definition) is 2. The van der Waals surface area contributed by atoms with Crippen LogP contribution < -0.4 is 11.3 Å². The number of nitrogens with two attached hydrogens (primary N) is 1. The van der Waals surface area contributed by atoms with E-state index >= 15 is 0 Å². The standard InChI is InChI=1S/C14H14ClFN2/c15-12-6-7-13(16)11(8-12)9-14(18-17)10-4-2-1-3-5-10/h1-8,14,18H,9,17H2. The molecule has 18 heavy (non-hydrogen) atoms. The fraction of sp³-hybridized carbons (Fsp3) is 0.143. The van der Waals surface area contributed by atoms with E-state index in [4.69, 9.17) is 17.4 Å². The second kappa shape index (κ2) is 5.96. The van der Waals surface area contributed by atoms with Gasteiger partial charge in [-0.15, -0.1) is 0 Å². The van der Waals surface area contributed by atoms with E-state index in [-0.39, 0.29) is 11.9 Å². The largest absolute Gasteiger partial charge is 0.271 e. The number of benzene rings is 2. The van der Waals surface area contributed by atoms with Crippen molar-refractivity contribution in [1.82, 2.24) is 5.43 Å². The van der Waals surface area contributed by atoms with Crippen LogP contribution in [0.25, 0.3) is 0 Å². The molecule has 0 aliphatic carbocycles. The minimum Gasteiger partial charge on any atom is -0.271 e. The SMILES string of the molecule is NNC(Cc1cc(Cl)ccc1F)c1ccccc1. The second-order valence-electron chi connectivity index (χ2n) is 4.07. The van der Waals surface area contributed by atoms with E-state index in [1.165, 1.54) is 12.1 Å². The van der Waals surface area contributed by atoms with Crippen molar-refractivity contribution >= 4 is 11.6 Å². The summed E-state index contributed by atoms with van der Waals surface area (Å²) in [5.74, 6) is 5.27. The van der Waals surface area contributed by atoms with Gasteiger partial charge < -0.3 is 0 Å². The van der Waals surface area contributed by atoms with E-state index < -0.39 is 0 Å². The highest BCUT2D eigenvalue weighted by atomic mass is 35.5. The Morgan fingerprint density at radius 2 is 1.89 bits per heavy atom. The average Bonchev–Trinajstić information content (AvgIpc) is 2.41. The molecule has 2 aromatic carbocycles. The lowest BCUT2D eigenvalue weighted by Gasteiger charge is -2.16. The summed E-state index contributed by atoms with van der Waals surface area (Å²) in [5, 5.41) is 0.523. The number of hydrazine groups is 1. The van der Waals surface area contributed by atoms with E-state index in [1.807, 2.05) is 30.3 Å². The lowest BCUT2D eigenvalue weighted by Crippen LogP contribution is -2.29. The van der Waals surface area contributed by atoms with Gasteiger partial charge >= 0.3 is 0 Å². The van der Waals surface area contributed by atoms with Gasteiger partial charge in [-0.1, -0.05) is 41.9 Å². The van der Waals surface area contributed by atoms with Gasteiger partial charge in [0.25, 0.3) is 0 Å². The Bertz CT molecular complexity index is 516. The minimum atomic E-state index is -0.268. The molecular formula is C14H14ClFN2. The summed E-state index contributed by atoms with van der Waals surface area (Å²) in [4.78, 5) is 0. The molecule has 4 heteroatoms. The van der Waals surface area contributed by atoms with Crippen LogP contribution in [-0.2, 0) is 6.42 Å². The van der Waals surface area contributed by atoms with Gasteiger partial charge in [0.1, 0.15) is 5.82 Å². The second-order valence-corrected chi connectivity index (χ2v) is 4.51. The Morgan fingerprint density at radius 3 is 2.56 bits per heavy atom. The van der Waals surface area contributed by atoms with Crippen LogP contribution in [0.15, 0.2) is 48.5 Å². The molecule has 0 saturated carbocycles. The molecule has 0 radical (unpaired) electrons. The number of halogens is 2. The molecule has 2 rings (SSSR count). The Hall–Kier alpha value is -1.42. The summed E-state index contributed by atoms with van der Waals surface area (Å²) in [6.07, 6.45) is 0.451. The van der Waals surface area contributed by atoms with Gasteiger partial charge in [-0.2, -0.15) is 0 Å². The number of nitrogens with one attached hydrogen (secondary N) is 1. The molecule has 1 atom stereocenters. The predicted octanol–water partition coefficient (Wildman–Crippen LogP) is 3.23. The van der Waals surface area contributed by atoms with Crippen molar-refractivity contribution in [3.63, 3.8) is 0 Å². The predicted molar refractivity (Wildman–Crippen MR) is 71.6 cm³/mol. The summed E-state index contributed by atoms with van der Waals surface area (Å²) in [7, 11) is 0. The fourth-order valence-electron chi connectivity index (χ4n) is 1.88. The highest BCUT2D eigenvalue weighted by Crippen LogP contribution is 2.22. The first-order valence-corrected chi connectivity index (χ1v) is 6.03. The Balaban J connectivity index is 2.23. The molecule has 0 amide bonds. The first-order chi connectivity index (χ1) is 8.70. The first kappa shape index (κ1) is 13.0. The molecule has 1 unspecified atom stereocenters. The lowest BCUT2D eigenvalue weighted by atomic mass is 9.99. The molecule has 2 nitrogen and oxygen atoms in total. The van der Waals surface area contributed by atoms with E-state index in [2.05, 4.69) is 5.43 Å². The van der Waals surface area contributed by atoms with Crippen molar-refractivity contribution in [2.24, 2.45) is 5.84 Å². The fourth-order valence-corrected chi connectivity index (χ4v) is 2.07. The number of rotatable bonds is 4. The third-order valence-electron chi connectivity index (χ3n) is 2.83. The maximum atomic E-state index is 13.7. The van der Waals surface area contributed by atoms with E-state index in [0.717, 1.165) is 5.56 Å². The topological polar surface area (TPSA) is 38.0 Å². The van der Waals surface area contributed by atoms with Gasteiger partial charge in [0.15, 0.2) is 0 Å². The third kappa shape index (κ3) is 3.07. The molecule has 2 aromatic rings. The van der Waals surface area contributed by atoms with Crippen molar-refractivity contribution in [2.45, 2.75) is 12.5 Å². The monoisotopic (exact) mass is 264 g/mol. The van der Waals surface area contributed by atoms with E-state index in [9.17, 15) is 4.39 Å². The highest BCUT2D eigenvalue weighted by Gasteiger charge is 2.13. The first-order valence-electron chi connectivity index (χ1n) is 5.65. The van der Waals surface area contributed by atoms with Gasteiger partial charge in [0.05, 0.1) is 6.04 Å². The molecular weight excluding hydrogens is 251 g/mol. The zero-order chi connectivity index (χ0) is 13.0. The zero-order valence-corrected chi connectivity index (χ0v) is 10.5. The molecule has 0 fully saturated rings. The van der Waals surface area contributed by atoms with Crippen LogP contribution in [-0.4, -0.2) is 0 Å². The van der Waals surface area contributed by atoms with Crippen LogP contribution in [0.3, 0.4) is 0 Å². The Labute approximate surface area is 111 Å². The zero-order valence-electron chi connectivity index (χ0n) is 9.74. The average molecular weight is 265 g/mol. The Kier molecular flexibility index (Phi) is 4.31. The van der Waals surface area contributed by atoms with Crippen molar-refractivity contribution in [1.29, 1.82) is 0 Å². The summed E-state index contributed by atoms with van der Waals surface area (Å²) in [6.45, 7) is 0. The van der Waals surface area contributed by atoms with Crippen LogP contribution in [0.2, 0.25) is 5.02 Å². The van der Waals surface area contributed by atoms with Crippen molar-refractivity contribution < 1.29 is 4.39 Å². The normalized spacial score (nSPS) is 12.4. The van der Waals surface area contributed by atoms with Gasteiger partial charge in [-0.05, 0) is 35.7 Å². The maximum Gasteiger partial charge on any atom is 0.126 e. The quantitative estimate of drug-likeness (QED) is 0.657. The van der Waals surface area contributed by atoms with Crippen molar-refractivity contribution in [3.8, 4) is 0 Å². The van der Waals surface area contributed by atoms with Crippen LogP contribution in [0, 0.1) is 5.82 Å². The summed E-state index contributed by atoms with van der Waals surface area (Å²) < 4.78 is 13.7. The molecule has 0 saturated heterocycles. The molecule has 3 N–H and O–H groups in total. The molecule has 0 spiro atoms. The van der Waals surface area contributed by atoms with Crippen LogP contribution in [0.5, 0.6) is 0 Å². The van der Waals surface area contributed by atoms with Crippen LogP contribution in [0.4, 0.5) is 4.39 Å². The van der Waals surface area contributed by atoms with Crippen LogP contribution >= 0.6 is 11.6 Å². The highest BCUT2D eigenvalue weighted by molar-refractivity contribution is 6.30. The Morgan fingerprint density at radius 1 is 1.17 bits per heavy atom. The molecule has 94 valence electrons. The third-order valence-corrected chi connectivity index (χ3v) is 3.07. The van der Waals surface area contributed by atoms with Crippen molar-refractivity contribution in [3.05, 3.63) is 70.5 Å². The summed E-state index contributed by atoms with van der Waals surface area (Å²) in [6, 6.07) is 14.1. The molecule has 0 aromatic heterocycles. The van der Waals surface area contributed by atoms with Gasteiger partial charge in [0, 0.05) is 5.02 Å².